The zero-order valence-electron chi connectivity index (χ0n) is 11.3. The lowest BCUT2D eigenvalue weighted by molar-refractivity contribution is 0.0666. The number of piperazine rings is 1. The molecule has 1 N–H and O–H groups in total. The number of urea groups is 1. The fourth-order valence-electron chi connectivity index (χ4n) is 2.15. The molecule has 0 spiro atoms. The van der Waals surface area contributed by atoms with Gasteiger partial charge in [-0.15, -0.1) is 0 Å². The van der Waals surface area contributed by atoms with Crippen LogP contribution < -0.4 is 5.32 Å². The standard InChI is InChI=1S/C14H19N3O2/c1-11-3-5-12(6-4-11)13(18)16-7-9-17(10-8-16)14(19)15-2/h3-6H,7-10H2,1-2H3,(H,15,19). The first kappa shape index (κ1) is 13.4. The van der Waals surface area contributed by atoms with Crippen LogP contribution in [-0.2, 0) is 0 Å². The van der Waals surface area contributed by atoms with Crippen LogP contribution in [0.3, 0.4) is 0 Å². The Bertz CT molecular complexity index is 462. The summed E-state index contributed by atoms with van der Waals surface area (Å²) in [5.41, 5.74) is 1.85. The van der Waals surface area contributed by atoms with Crippen LogP contribution in [0.4, 0.5) is 4.79 Å². The smallest absolute Gasteiger partial charge is 0.317 e. The number of nitrogens with zero attached hydrogens (tertiary/aromatic N) is 2. The molecule has 5 nitrogen and oxygen atoms in total. The second-order valence-corrected chi connectivity index (χ2v) is 4.70. The normalized spacial score (nSPS) is 15.3. The van der Waals surface area contributed by atoms with Gasteiger partial charge in [0.1, 0.15) is 0 Å². The average molecular weight is 261 g/mol. The summed E-state index contributed by atoms with van der Waals surface area (Å²) in [5, 5.41) is 2.60. The first-order valence-electron chi connectivity index (χ1n) is 6.44. The molecule has 1 aromatic carbocycles. The summed E-state index contributed by atoms with van der Waals surface area (Å²) in [7, 11) is 1.62. The Morgan fingerprint density at radius 1 is 1.00 bits per heavy atom. The van der Waals surface area contributed by atoms with E-state index in [9.17, 15) is 9.59 Å². The number of carbonyl (C=O) groups is 2. The second kappa shape index (κ2) is 5.73. The van der Waals surface area contributed by atoms with Gasteiger partial charge in [-0.3, -0.25) is 4.79 Å². The van der Waals surface area contributed by atoms with Gasteiger partial charge in [-0.2, -0.15) is 0 Å². The van der Waals surface area contributed by atoms with Gasteiger partial charge in [0, 0.05) is 38.8 Å². The molecule has 1 aromatic rings. The number of nitrogens with one attached hydrogen (secondary N) is 1. The lowest BCUT2D eigenvalue weighted by Crippen LogP contribution is -2.52. The molecule has 0 bridgehead atoms. The number of amides is 3. The molecule has 0 aliphatic carbocycles. The highest BCUT2D eigenvalue weighted by Crippen LogP contribution is 2.10. The minimum absolute atomic E-state index is 0.0385. The fourth-order valence-corrected chi connectivity index (χ4v) is 2.15. The molecule has 19 heavy (non-hydrogen) atoms. The zero-order valence-corrected chi connectivity index (χ0v) is 11.3. The van der Waals surface area contributed by atoms with Gasteiger partial charge >= 0.3 is 6.03 Å². The fraction of sp³-hybridized carbons (Fsp3) is 0.429. The van der Waals surface area contributed by atoms with E-state index in [4.69, 9.17) is 0 Å². The highest BCUT2D eigenvalue weighted by molar-refractivity contribution is 5.94. The SMILES string of the molecule is CNC(=O)N1CCN(C(=O)c2ccc(C)cc2)CC1. The monoisotopic (exact) mass is 261 g/mol. The van der Waals surface area contributed by atoms with E-state index >= 15 is 0 Å². The van der Waals surface area contributed by atoms with Gasteiger partial charge in [-0.1, -0.05) is 17.7 Å². The molecule has 1 aliphatic rings. The van der Waals surface area contributed by atoms with Crippen molar-refractivity contribution in [3.05, 3.63) is 35.4 Å². The van der Waals surface area contributed by atoms with E-state index in [0.717, 1.165) is 5.56 Å². The highest BCUT2D eigenvalue weighted by Gasteiger charge is 2.24. The van der Waals surface area contributed by atoms with Gasteiger partial charge in [0.15, 0.2) is 0 Å². The Labute approximate surface area is 113 Å². The van der Waals surface area contributed by atoms with E-state index in [0.29, 0.717) is 31.7 Å². The number of aryl methyl sites for hydroxylation is 1. The molecule has 0 unspecified atom stereocenters. The van der Waals surface area contributed by atoms with Crippen LogP contribution in [0.5, 0.6) is 0 Å². The van der Waals surface area contributed by atoms with Crippen LogP contribution in [0.25, 0.3) is 0 Å². The number of benzene rings is 1. The Kier molecular flexibility index (Phi) is 4.04. The van der Waals surface area contributed by atoms with Crippen molar-refractivity contribution in [3.63, 3.8) is 0 Å². The predicted octanol–water partition coefficient (Wildman–Crippen LogP) is 1.09. The maximum Gasteiger partial charge on any atom is 0.317 e. The number of carbonyl (C=O) groups excluding carboxylic acids is 2. The predicted molar refractivity (Wildman–Crippen MR) is 73.1 cm³/mol. The van der Waals surface area contributed by atoms with E-state index in [1.165, 1.54) is 0 Å². The molecule has 2 rings (SSSR count). The van der Waals surface area contributed by atoms with Gasteiger partial charge in [0.2, 0.25) is 0 Å². The second-order valence-electron chi connectivity index (χ2n) is 4.70. The van der Waals surface area contributed by atoms with Crippen LogP contribution in [0, 0.1) is 6.92 Å². The van der Waals surface area contributed by atoms with E-state index in [-0.39, 0.29) is 11.9 Å². The summed E-state index contributed by atoms with van der Waals surface area (Å²) in [5.74, 6) is 0.0385. The zero-order chi connectivity index (χ0) is 13.8. The van der Waals surface area contributed by atoms with Gasteiger partial charge in [0.25, 0.3) is 5.91 Å². The third-order valence-electron chi connectivity index (χ3n) is 3.37. The van der Waals surface area contributed by atoms with Gasteiger partial charge in [-0.05, 0) is 19.1 Å². The molecular formula is C14H19N3O2. The largest absolute Gasteiger partial charge is 0.341 e. The summed E-state index contributed by atoms with van der Waals surface area (Å²) < 4.78 is 0. The molecule has 1 saturated heterocycles. The maximum absolute atomic E-state index is 12.3. The van der Waals surface area contributed by atoms with Crippen molar-refractivity contribution >= 4 is 11.9 Å². The summed E-state index contributed by atoms with van der Waals surface area (Å²) in [4.78, 5) is 27.2. The van der Waals surface area contributed by atoms with Crippen LogP contribution in [0.1, 0.15) is 15.9 Å². The average Bonchev–Trinajstić information content (AvgIpc) is 2.46. The Balaban J connectivity index is 1.96. The van der Waals surface area contributed by atoms with Crippen LogP contribution in [-0.4, -0.2) is 55.0 Å². The molecule has 0 radical (unpaired) electrons. The maximum atomic E-state index is 12.3. The van der Waals surface area contributed by atoms with Crippen LogP contribution in [0.2, 0.25) is 0 Å². The van der Waals surface area contributed by atoms with Crippen molar-refractivity contribution in [2.75, 3.05) is 33.2 Å². The van der Waals surface area contributed by atoms with Gasteiger partial charge in [-0.25, -0.2) is 4.79 Å². The summed E-state index contributed by atoms with van der Waals surface area (Å²) in [6.07, 6.45) is 0. The third kappa shape index (κ3) is 3.05. The Morgan fingerprint density at radius 2 is 1.53 bits per heavy atom. The molecule has 1 heterocycles. The van der Waals surface area contributed by atoms with E-state index < -0.39 is 0 Å². The Morgan fingerprint density at radius 3 is 2.05 bits per heavy atom. The first-order valence-corrected chi connectivity index (χ1v) is 6.44. The van der Waals surface area contributed by atoms with Crippen molar-refractivity contribution in [2.45, 2.75) is 6.92 Å². The summed E-state index contributed by atoms with van der Waals surface area (Å²) in [6, 6.07) is 7.50. The Hall–Kier alpha value is -2.04. The van der Waals surface area contributed by atoms with Gasteiger partial charge < -0.3 is 15.1 Å². The number of hydrogen-bond donors (Lipinski definition) is 1. The molecule has 102 valence electrons. The highest BCUT2D eigenvalue weighted by atomic mass is 16.2. The molecule has 5 heteroatoms. The van der Waals surface area contributed by atoms with E-state index in [2.05, 4.69) is 5.32 Å². The van der Waals surface area contributed by atoms with Crippen molar-refractivity contribution in [3.8, 4) is 0 Å². The summed E-state index contributed by atoms with van der Waals surface area (Å²) >= 11 is 0. The minimum atomic E-state index is -0.0811. The topological polar surface area (TPSA) is 52.7 Å². The van der Waals surface area contributed by atoms with Crippen molar-refractivity contribution < 1.29 is 9.59 Å². The molecular weight excluding hydrogens is 242 g/mol. The van der Waals surface area contributed by atoms with Crippen molar-refractivity contribution in [2.24, 2.45) is 0 Å². The molecule has 3 amide bonds. The molecule has 1 aliphatic heterocycles. The minimum Gasteiger partial charge on any atom is -0.341 e. The quantitative estimate of drug-likeness (QED) is 0.823. The van der Waals surface area contributed by atoms with Crippen LogP contribution >= 0.6 is 0 Å². The number of rotatable bonds is 1. The molecule has 0 aromatic heterocycles. The van der Waals surface area contributed by atoms with Crippen molar-refractivity contribution in [1.82, 2.24) is 15.1 Å². The van der Waals surface area contributed by atoms with E-state index in [1.54, 1.807) is 16.8 Å². The molecule has 1 fully saturated rings. The molecule has 0 atom stereocenters. The van der Waals surface area contributed by atoms with E-state index in [1.807, 2.05) is 31.2 Å². The summed E-state index contributed by atoms with van der Waals surface area (Å²) in [6.45, 7) is 4.32. The third-order valence-corrected chi connectivity index (χ3v) is 3.37. The number of hydrogen-bond acceptors (Lipinski definition) is 2. The van der Waals surface area contributed by atoms with Crippen LogP contribution in [0.15, 0.2) is 24.3 Å². The van der Waals surface area contributed by atoms with Crippen molar-refractivity contribution in [1.29, 1.82) is 0 Å². The lowest BCUT2D eigenvalue weighted by atomic mass is 10.1. The van der Waals surface area contributed by atoms with Gasteiger partial charge in [0.05, 0.1) is 0 Å². The molecule has 0 saturated carbocycles. The first-order chi connectivity index (χ1) is 9.11. The lowest BCUT2D eigenvalue weighted by Gasteiger charge is -2.34.